The van der Waals surface area contributed by atoms with Crippen LogP contribution in [0.25, 0.3) is 21.8 Å². The summed E-state index contributed by atoms with van der Waals surface area (Å²) in [7, 11) is 0. The van der Waals surface area contributed by atoms with E-state index in [0.717, 1.165) is 33.2 Å². The van der Waals surface area contributed by atoms with Crippen LogP contribution in [0.2, 0.25) is 0 Å². The van der Waals surface area contributed by atoms with Crippen molar-refractivity contribution in [1.29, 1.82) is 0 Å². The predicted octanol–water partition coefficient (Wildman–Crippen LogP) is 4.86. The lowest BCUT2D eigenvalue weighted by Crippen LogP contribution is -2.28. The van der Waals surface area contributed by atoms with Gasteiger partial charge in [0.1, 0.15) is 6.23 Å². The normalized spacial score (nSPS) is 12.4. The van der Waals surface area contributed by atoms with Gasteiger partial charge in [-0.05, 0) is 31.2 Å². The van der Waals surface area contributed by atoms with Crippen LogP contribution in [0.3, 0.4) is 0 Å². The molecule has 118 valence electrons. The lowest BCUT2D eigenvalue weighted by Gasteiger charge is -2.30. The molecule has 3 heteroatoms. The highest BCUT2D eigenvalue weighted by Crippen LogP contribution is 2.38. The van der Waals surface area contributed by atoms with Crippen molar-refractivity contribution in [2.75, 3.05) is 4.90 Å². The van der Waals surface area contributed by atoms with Crippen molar-refractivity contribution in [1.82, 2.24) is 4.98 Å². The molecule has 1 aromatic heterocycles. The Morgan fingerprint density at radius 3 is 1.79 bits per heavy atom. The third-order valence-electron chi connectivity index (χ3n) is 4.21. The zero-order valence-electron chi connectivity index (χ0n) is 13.4. The minimum atomic E-state index is -0.665. The molecule has 24 heavy (non-hydrogen) atoms. The van der Waals surface area contributed by atoms with E-state index in [2.05, 4.69) is 12.1 Å². The summed E-state index contributed by atoms with van der Waals surface area (Å²) in [5.74, 6) is 0. The minimum Gasteiger partial charge on any atom is -0.374 e. The van der Waals surface area contributed by atoms with Crippen molar-refractivity contribution in [2.24, 2.45) is 0 Å². The standard InChI is InChI=1S/C21H18N2O/c1-15(24)23(16-9-3-2-4-10-16)21-17-11-5-7-13-19(17)22-20-14-8-6-12-18(20)21/h2-15,24H,1H3. The number of aromatic nitrogens is 1. The maximum atomic E-state index is 10.5. The van der Waals surface area contributed by atoms with E-state index in [1.54, 1.807) is 6.92 Å². The molecule has 1 unspecified atom stereocenters. The van der Waals surface area contributed by atoms with Gasteiger partial charge in [-0.2, -0.15) is 0 Å². The van der Waals surface area contributed by atoms with Crippen molar-refractivity contribution in [3.63, 3.8) is 0 Å². The monoisotopic (exact) mass is 314 g/mol. The van der Waals surface area contributed by atoms with E-state index in [1.165, 1.54) is 0 Å². The molecule has 0 amide bonds. The van der Waals surface area contributed by atoms with Gasteiger partial charge in [0.05, 0.1) is 16.7 Å². The van der Waals surface area contributed by atoms with Gasteiger partial charge >= 0.3 is 0 Å². The van der Waals surface area contributed by atoms with Crippen molar-refractivity contribution >= 4 is 33.2 Å². The Morgan fingerprint density at radius 1 is 0.750 bits per heavy atom. The van der Waals surface area contributed by atoms with Gasteiger partial charge in [-0.15, -0.1) is 0 Å². The first-order valence-corrected chi connectivity index (χ1v) is 8.05. The minimum absolute atomic E-state index is 0.665. The van der Waals surface area contributed by atoms with Crippen LogP contribution < -0.4 is 4.90 Å². The fraction of sp³-hybridized carbons (Fsp3) is 0.0952. The summed E-state index contributed by atoms with van der Waals surface area (Å²) in [6, 6.07) is 26.1. The number of aliphatic hydroxyl groups is 1. The molecule has 0 saturated heterocycles. The molecule has 1 atom stereocenters. The Balaban J connectivity index is 2.12. The number of rotatable bonds is 3. The average molecular weight is 314 g/mol. The molecule has 0 fully saturated rings. The van der Waals surface area contributed by atoms with Gasteiger partial charge < -0.3 is 10.0 Å². The Labute approximate surface area is 140 Å². The van der Waals surface area contributed by atoms with Crippen LogP contribution >= 0.6 is 0 Å². The van der Waals surface area contributed by atoms with Crippen molar-refractivity contribution in [3.05, 3.63) is 78.9 Å². The number of hydrogen-bond acceptors (Lipinski definition) is 3. The summed E-state index contributed by atoms with van der Waals surface area (Å²) in [6.45, 7) is 1.79. The van der Waals surface area contributed by atoms with E-state index < -0.39 is 6.23 Å². The van der Waals surface area contributed by atoms with Gasteiger partial charge in [0, 0.05) is 16.5 Å². The van der Waals surface area contributed by atoms with E-state index in [0.29, 0.717) is 0 Å². The molecule has 1 N–H and O–H groups in total. The van der Waals surface area contributed by atoms with Crippen molar-refractivity contribution in [3.8, 4) is 0 Å². The summed E-state index contributed by atoms with van der Waals surface area (Å²) in [4.78, 5) is 6.73. The van der Waals surface area contributed by atoms with E-state index in [-0.39, 0.29) is 0 Å². The second-order valence-electron chi connectivity index (χ2n) is 5.83. The van der Waals surface area contributed by atoms with E-state index in [9.17, 15) is 5.11 Å². The van der Waals surface area contributed by atoms with E-state index in [1.807, 2.05) is 71.6 Å². The SMILES string of the molecule is CC(O)N(c1ccccc1)c1c2ccccc2nc2ccccc12. The molecule has 1 heterocycles. The number of para-hydroxylation sites is 3. The van der Waals surface area contributed by atoms with Crippen LogP contribution in [0, 0.1) is 0 Å². The molecule has 0 spiro atoms. The topological polar surface area (TPSA) is 36.4 Å². The molecule has 0 radical (unpaired) electrons. The smallest absolute Gasteiger partial charge is 0.128 e. The van der Waals surface area contributed by atoms with Crippen LogP contribution in [0.15, 0.2) is 78.9 Å². The maximum absolute atomic E-state index is 10.5. The van der Waals surface area contributed by atoms with Crippen molar-refractivity contribution in [2.45, 2.75) is 13.2 Å². The molecule has 4 aromatic rings. The number of aliphatic hydroxyl groups excluding tert-OH is 1. The molecule has 4 rings (SSSR count). The number of fused-ring (bicyclic) bond motifs is 2. The molecular weight excluding hydrogens is 296 g/mol. The summed E-state index contributed by atoms with van der Waals surface area (Å²) in [5.41, 5.74) is 3.78. The predicted molar refractivity (Wildman–Crippen MR) is 99.5 cm³/mol. The van der Waals surface area contributed by atoms with Crippen LogP contribution in [0.4, 0.5) is 11.4 Å². The molecule has 0 aliphatic rings. The molecular formula is C21H18N2O. The number of pyridine rings is 1. The average Bonchev–Trinajstić information content (AvgIpc) is 2.62. The first-order valence-electron chi connectivity index (χ1n) is 8.05. The second-order valence-corrected chi connectivity index (χ2v) is 5.83. The summed E-state index contributed by atoms with van der Waals surface area (Å²) < 4.78 is 0. The van der Waals surface area contributed by atoms with Crippen LogP contribution in [0.5, 0.6) is 0 Å². The quantitative estimate of drug-likeness (QED) is 0.433. The van der Waals surface area contributed by atoms with Gasteiger partial charge in [-0.1, -0.05) is 54.6 Å². The third-order valence-corrected chi connectivity index (χ3v) is 4.21. The highest BCUT2D eigenvalue weighted by molar-refractivity contribution is 6.09. The largest absolute Gasteiger partial charge is 0.374 e. The molecule has 0 saturated carbocycles. The van der Waals surface area contributed by atoms with Crippen molar-refractivity contribution < 1.29 is 5.11 Å². The van der Waals surface area contributed by atoms with Gasteiger partial charge in [0.2, 0.25) is 0 Å². The first-order chi connectivity index (χ1) is 11.8. The summed E-state index contributed by atoms with van der Waals surface area (Å²) in [6.07, 6.45) is -0.665. The van der Waals surface area contributed by atoms with E-state index in [4.69, 9.17) is 4.98 Å². The lowest BCUT2D eigenvalue weighted by molar-refractivity contribution is 0.202. The number of anilines is 2. The van der Waals surface area contributed by atoms with Gasteiger partial charge in [0.25, 0.3) is 0 Å². The number of nitrogens with zero attached hydrogens (tertiary/aromatic N) is 2. The molecule has 0 bridgehead atoms. The number of hydrogen-bond donors (Lipinski definition) is 1. The van der Waals surface area contributed by atoms with Gasteiger partial charge in [-0.25, -0.2) is 4.98 Å². The van der Waals surface area contributed by atoms with Crippen LogP contribution in [-0.4, -0.2) is 16.3 Å². The maximum Gasteiger partial charge on any atom is 0.128 e. The Morgan fingerprint density at radius 2 is 1.25 bits per heavy atom. The zero-order valence-corrected chi connectivity index (χ0v) is 13.4. The summed E-state index contributed by atoms with van der Waals surface area (Å²) >= 11 is 0. The van der Waals surface area contributed by atoms with E-state index >= 15 is 0 Å². The fourth-order valence-corrected chi connectivity index (χ4v) is 3.20. The lowest BCUT2D eigenvalue weighted by atomic mass is 10.1. The third kappa shape index (κ3) is 2.39. The van der Waals surface area contributed by atoms with Crippen LogP contribution in [-0.2, 0) is 0 Å². The second kappa shape index (κ2) is 5.95. The van der Waals surface area contributed by atoms with Gasteiger partial charge in [0.15, 0.2) is 0 Å². The molecule has 0 aliphatic carbocycles. The van der Waals surface area contributed by atoms with Crippen LogP contribution in [0.1, 0.15) is 6.92 Å². The molecule has 0 aliphatic heterocycles. The highest BCUT2D eigenvalue weighted by Gasteiger charge is 2.20. The summed E-state index contributed by atoms with van der Waals surface area (Å²) in [5, 5.41) is 12.6. The first kappa shape index (κ1) is 14.7. The zero-order chi connectivity index (χ0) is 16.5. The Hall–Kier alpha value is -2.91. The molecule has 3 nitrogen and oxygen atoms in total. The Kier molecular flexibility index (Phi) is 3.63. The number of benzene rings is 3. The Bertz CT molecular complexity index is 942. The fourth-order valence-electron chi connectivity index (χ4n) is 3.20. The highest BCUT2D eigenvalue weighted by atomic mass is 16.3. The van der Waals surface area contributed by atoms with Gasteiger partial charge in [-0.3, -0.25) is 0 Å². The molecule has 3 aromatic carbocycles.